The van der Waals surface area contributed by atoms with E-state index in [1.165, 1.54) is 76.8 Å². The summed E-state index contributed by atoms with van der Waals surface area (Å²) in [5.74, 6) is 0.156. The summed E-state index contributed by atoms with van der Waals surface area (Å²) in [7, 11) is 0. The standard InChI is InChI=1S/C42H34.C2H6.CH4/c1-4-6-17-30-27-39(34-22-10-9-21-33(34)31(30)5-2)41-35-23-11-13-25-37(35)42(38-26-14-12-24-36(38)41)40-28(3)16-15-19-29-18-7-8-20-32(29)40;1-2;/h5-27,40H,2,4H2,1,3H3;1-2H3;1H4/b17-6-;;. The molecule has 0 fully saturated rings. The van der Waals surface area contributed by atoms with Gasteiger partial charge in [0.15, 0.2) is 0 Å². The van der Waals surface area contributed by atoms with Crippen molar-refractivity contribution < 1.29 is 0 Å². The van der Waals surface area contributed by atoms with Crippen LogP contribution in [0.25, 0.3) is 61.7 Å². The summed E-state index contributed by atoms with van der Waals surface area (Å²) in [6.07, 6.45) is 14.2. The van der Waals surface area contributed by atoms with E-state index in [1.54, 1.807) is 0 Å². The molecule has 6 aromatic carbocycles. The highest BCUT2D eigenvalue weighted by Crippen LogP contribution is 2.48. The van der Waals surface area contributed by atoms with Gasteiger partial charge in [-0.25, -0.2) is 0 Å². The fraction of sp³-hybridized carbons (Fsp3) is 0.156. The maximum atomic E-state index is 4.20. The predicted molar refractivity (Wildman–Crippen MR) is 203 cm³/mol. The lowest BCUT2D eigenvalue weighted by Crippen LogP contribution is -2.07. The van der Waals surface area contributed by atoms with E-state index in [0.717, 1.165) is 6.42 Å². The van der Waals surface area contributed by atoms with Gasteiger partial charge in [-0.1, -0.05) is 174 Å². The second-order valence-electron chi connectivity index (χ2n) is 11.2. The molecule has 0 heteroatoms. The van der Waals surface area contributed by atoms with Gasteiger partial charge in [0.1, 0.15) is 0 Å². The fourth-order valence-electron chi connectivity index (χ4n) is 6.95. The number of hydrogen-bond donors (Lipinski definition) is 0. The van der Waals surface area contributed by atoms with Gasteiger partial charge >= 0.3 is 0 Å². The van der Waals surface area contributed by atoms with Crippen LogP contribution >= 0.6 is 0 Å². The number of hydrogen-bond acceptors (Lipinski definition) is 0. The van der Waals surface area contributed by atoms with Crippen LogP contribution in [0.3, 0.4) is 0 Å². The monoisotopic (exact) mass is 584 g/mol. The van der Waals surface area contributed by atoms with Crippen LogP contribution in [0.15, 0.2) is 134 Å². The first-order valence-electron chi connectivity index (χ1n) is 15.9. The summed E-state index contributed by atoms with van der Waals surface area (Å²) in [6, 6.07) is 38.1. The molecule has 0 saturated heterocycles. The molecule has 0 amide bonds. The van der Waals surface area contributed by atoms with Crippen LogP contribution in [-0.4, -0.2) is 0 Å². The lowest BCUT2D eigenvalue weighted by atomic mass is 9.77. The molecule has 1 unspecified atom stereocenters. The Morgan fingerprint density at radius 3 is 1.89 bits per heavy atom. The third kappa shape index (κ3) is 5.47. The van der Waals surface area contributed by atoms with Gasteiger partial charge in [-0.15, -0.1) is 0 Å². The highest BCUT2D eigenvalue weighted by atomic mass is 14.3. The Bertz CT molecular complexity index is 2040. The fourth-order valence-corrected chi connectivity index (χ4v) is 6.95. The van der Waals surface area contributed by atoms with E-state index in [1.807, 2.05) is 19.9 Å². The Labute approximate surface area is 269 Å². The van der Waals surface area contributed by atoms with Crippen molar-refractivity contribution in [1.29, 1.82) is 0 Å². The second kappa shape index (κ2) is 13.8. The first-order chi connectivity index (χ1) is 21.7. The van der Waals surface area contributed by atoms with Gasteiger partial charge in [-0.3, -0.25) is 0 Å². The van der Waals surface area contributed by atoms with Crippen molar-refractivity contribution in [2.45, 2.75) is 47.5 Å². The third-order valence-corrected chi connectivity index (χ3v) is 8.78. The molecule has 6 aromatic rings. The summed E-state index contributed by atoms with van der Waals surface area (Å²) in [6.45, 7) is 12.7. The molecule has 0 bridgehead atoms. The second-order valence-corrected chi connectivity index (χ2v) is 11.2. The Hall–Kier alpha value is -4.94. The Kier molecular flexibility index (Phi) is 9.65. The first-order valence-corrected chi connectivity index (χ1v) is 15.9. The van der Waals surface area contributed by atoms with Crippen molar-refractivity contribution in [2.24, 2.45) is 0 Å². The van der Waals surface area contributed by atoms with Crippen molar-refractivity contribution in [2.75, 3.05) is 0 Å². The summed E-state index contributed by atoms with van der Waals surface area (Å²) in [5.41, 5.74) is 10.3. The molecule has 0 aromatic heterocycles. The van der Waals surface area contributed by atoms with Gasteiger partial charge in [0.05, 0.1) is 0 Å². The van der Waals surface area contributed by atoms with E-state index in [0.29, 0.717) is 0 Å². The molecule has 0 radical (unpaired) electrons. The molecule has 0 heterocycles. The maximum absolute atomic E-state index is 4.20. The van der Waals surface area contributed by atoms with E-state index < -0.39 is 0 Å². The van der Waals surface area contributed by atoms with Crippen LogP contribution in [0.4, 0.5) is 0 Å². The molecule has 1 atom stereocenters. The van der Waals surface area contributed by atoms with Crippen LogP contribution in [0.1, 0.15) is 75.3 Å². The van der Waals surface area contributed by atoms with Gasteiger partial charge in [-0.05, 0) is 90.7 Å². The minimum Gasteiger partial charge on any atom is -0.0984 e. The Morgan fingerprint density at radius 2 is 1.27 bits per heavy atom. The van der Waals surface area contributed by atoms with E-state index in [-0.39, 0.29) is 13.3 Å². The summed E-state index contributed by atoms with van der Waals surface area (Å²) >= 11 is 0. The molecular weight excluding hydrogens is 540 g/mol. The van der Waals surface area contributed by atoms with E-state index in [9.17, 15) is 0 Å². The minimum atomic E-state index is 0. The van der Waals surface area contributed by atoms with Crippen molar-refractivity contribution in [3.63, 3.8) is 0 Å². The van der Waals surface area contributed by atoms with Crippen LogP contribution < -0.4 is 0 Å². The molecule has 1 aliphatic carbocycles. The van der Waals surface area contributed by atoms with Crippen molar-refractivity contribution >= 4 is 50.5 Å². The topological polar surface area (TPSA) is 0 Å². The van der Waals surface area contributed by atoms with Crippen LogP contribution in [0.2, 0.25) is 0 Å². The zero-order chi connectivity index (χ0) is 30.6. The summed E-state index contributed by atoms with van der Waals surface area (Å²) in [5, 5.41) is 7.68. The molecule has 0 spiro atoms. The van der Waals surface area contributed by atoms with Gasteiger partial charge in [0.25, 0.3) is 0 Å². The van der Waals surface area contributed by atoms with Crippen molar-refractivity contribution in [1.82, 2.24) is 0 Å². The molecule has 0 saturated carbocycles. The lowest BCUT2D eigenvalue weighted by Gasteiger charge is -2.26. The zero-order valence-corrected chi connectivity index (χ0v) is 26.3. The molecular formula is C45H44. The highest BCUT2D eigenvalue weighted by molar-refractivity contribution is 6.20. The summed E-state index contributed by atoms with van der Waals surface area (Å²) in [4.78, 5) is 0. The van der Waals surface area contributed by atoms with E-state index >= 15 is 0 Å². The Morgan fingerprint density at radius 1 is 0.711 bits per heavy atom. The average molecular weight is 585 g/mol. The van der Waals surface area contributed by atoms with Gasteiger partial charge in [0, 0.05) is 5.92 Å². The van der Waals surface area contributed by atoms with Crippen molar-refractivity contribution in [3.8, 4) is 11.1 Å². The average Bonchev–Trinajstić information content (AvgIpc) is 3.24. The van der Waals surface area contributed by atoms with E-state index in [4.69, 9.17) is 0 Å². The van der Waals surface area contributed by atoms with Gasteiger partial charge in [0.2, 0.25) is 0 Å². The normalized spacial score (nSPS) is 14.0. The molecule has 0 nitrogen and oxygen atoms in total. The van der Waals surface area contributed by atoms with Crippen LogP contribution in [0.5, 0.6) is 0 Å². The van der Waals surface area contributed by atoms with Gasteiger partial charge < -0.3 is 0 Å². The molecule has 0 N–H and O–H groups in total. The lowest BCUT2D eigenvalue weighted by molar-refractivity contribution is 0.966. The van der Waals surface area contributed by atoms with Crippen LogP contribution in [-0.2, 0) is 0 Å². The predicted octanol–water partition coefficient (Wildman–Crippen LogP) is 13.6. The first kappa shape index (κ1) is 31.5. The molecule has 0 aliphatic heterocycles. The smallest absolute Gasteiger partial charge is 0.0317 e. The summed E-state index contributed by atoms with van der Waals surface area (Å²) < 4.78 is 0. The Balaban J connectivity index is 0.00000131. The van der Waals surface area contributed by atoms with Gasteiger partial charge in [-0.2, -0.15) is 0 Å². The zero-order valence-electron chi connectivity index (χ0n) is 26.3. The molecule has 1 aliphatic rings. The highest BCUT2D eigenvalue weighted by Gasteiger charge is 2.26. The molecule has 45 heavy (non-hydrogen) atoms. The van der Waals surface area contributed by atoms with Crippen molar-refractivity contribution in [3.05, 3.63) is 161 Å². The maximum Gasteiger partial charge on any atom is 0.0317 e. The quantitative estimate of drug-likeness (QED) is 0.177. The SMILES string of the molecule is C.C=Cc1c(/C=C\CC)cc(-c2c3ccccc3c(C3C(C)=CC=Cc4ccccc43)c3ccccc23)c2ccccc12.CC. The third-order valence-electron chi connectivity index (χ3n) is 8.78. The minimum absolute atomic E-state index is 0. The number of allylic oxidation sites excluding steroid dienone is 4. The van der Waals surface area contributed by atoms with E-state index in [2.05, 4.69) is 154 Å². The number of fused-ring (bicyclic) bond motifs is 4. The van der Waals surface area contributed by atoms with Crippen LogP contribution in [0, 0.1) is 0 Å². The molecule has 224 valence electrons. The number of benzene rings is 6. The largest absolute Gasteiger partial charge is 0.0984 e. The molecule has 7 rings (SSSR count). The number of rotatable bonds is 5.